The van der Waals surface area contributed by atoms with E-state index in [0.717, 1.165) is 56.9 Å². The van der Waals surface area contributed by atoms with E-state index in [1.165, 1.54) is 5.56 Å². The number of amides is 1. The number of nitrogens with zero attached hydrogens (tertiary/aromatic N) is 4. The minimum Gasteiger partial charge on any atom is -0.475 e. The summed E-state index contributed by atoms with van der Waals surface area (Å²) in [5, 5.41) is 15.1. The van der Waals surface area contributed by atoms with Crippen molar-refractivity contribution in [1.82, 2.24) is 20.1 Å². The number of aromatic nitrogens is 2. The maximum absolute atomic E-state index is 12.7. The Morgan fingerprint density at radius 2 is 1.84 bits per heavy atom. The zero-order chi connectivity index (χ0) is 23.7. The van der Waals surface area contributed by atoms with Crippen molar-refractivity contribution in [2.45, 2.75) is 58.3 Å². The van der Waals surface area contributed by atoms with E-state index in [-0.39, 0.29) is 11.4 Å². The molecule has 1 spiro atoms. The van der Waals surface area contributed by atoms with Crippen LogP contribution in [0.3, 0.4) is 0 Å². The molecule has 0 bridgehead atoms. The van der Waals surface area contributed by atoms with Crippen LogP contribution in [0.5, 0.6) is 0 Å². The van der Waals surface area contributed by atoms with Crippen LogP contribution >= 0.6 is 0 Å². The topological polar surface area (TPSA) is 113 Å². The third-order valence-electron chi connectivity index (χ3n) is 5.98. The van der Waals surface area contributed by atoms with Gasteiger partial charge in [-0.3, -0.25) is 9.69 Å². The van der Waals surface area contributed by atoms with Crippen LogP contribution in [0.15, 0.2) is 15.1 Å². The van der Waals surface area contributed by atoms with Crippen molar-refractivity contribution >= 4 is 11.9 Å². The number of carboxylic acids is 1. The molecule has 2 aromatic rings. The Hall–Kier alpha value is -2.89. The van der Waals surface area contributed by atoms with Crippen molar-refractivity contribution in [2.75, 3.05) is 19.6 Å². The molecule has 4 heterocycles. The third kappa shape index (κ3) is 4.95. The second-order valence-electron chi connectivity index (χ2n) is 8.15. The van der Waals surface area contributed by atoms with Gasteiger partial charge in [-0.15, -0.1) is 0 Å². The molecule has 2 saturated heterocycles. The zero-order valence-corrected chi connectivity index (χ0v) is 18.0. The lowest BCUT2D eigenvalue weighted by Gasteiger charge is -2.57. The van der Waals surface area contributed by atoms with Crippen LogP contribution in [0.4, 0.5) is 13.2 Å². The smallest absolute Gasteiger partial charge is 0.475 e. The van der Waals surface area contributed by atoms with Gasteiger partial charge < -0.3 is 19.1 Å². The molecule has 12 heteroatoms. The fourth-order valence-corrected chi connectivity index (χ4v) is 4.13. The Labute approximate surface area is 182 Å². The standard InChI is InChI=1S/C18H24N4O3.C2HF3O2/c1-12-9-16(20-24-12)17(23)21-7-4-5-18(11-21)6-8-22(18)10-15-13(2)19-25-14(15)3;3-2(4,5)1(6)7/h9H,4-8,10-11H2,1-3H3;(H,6,7). The van der Waals surface area contributed by atoms with Crippen LogP contribution < -0.4 is 0 Å². The van der Waals surface area contributed by atoms with Crippen molar-refractivity contribution < 1.29 is 36.9 Å². The van der Waals surface area contributed by atoms with Gasteiger partial charge in [0.05, 0.1) is 5.69 Å². The fraction of sp³-hybridized carbons (Fsp3) is 0.600. The average molecular weight is 458 g/mol. The molecule has 2 fully saturated rings. The van der Waals surface area contributed by atoms with Crippen molar-refractivity contribution in [3.8, 4) is 0 Å². The van der Waals surface area contributed by atoms with Crippen LogP contribution in [0.1, 0.15) is 52.5 Å². The molecule has 9 nitrogen and oxygen atoms in total. The molecule has 4 rings (SSSR count). The second kappa shape index (κ2) is 8.93. The van der Waals surface area contributed by atoms with Crippen LogP contribution in [0.25, 0.3) is 0 Å². The van der Waals surface area contributed by atoms with Crippen molar-refractivity contribution in [2.24, 2.45) is 0 Å². The van der Waals surface area contributed by atoms with E-state index in [1.807, 2.05) is 18.7 Å². The van der Waals surface area contributed by atoms with Crippen molar-refractivity contribution in [1.29, 1.82) is 0 Å². The zero-order valence-electron chi connectivity index (χ0n) is 18.0. The first-order valence-corrected chi connectivity index (χ1v) is 10.1. The number of piperidine rings is 1. The molecule has 32 heavy (non-hydrogen) atoms. The summed E-state index contributed by atoms with van der Waals surface area (Å²) in [6, 6.07) is 1.71. The first-order valence-electron chi connectivity index (χ1n) is 10.1. The lowest BCUT2D eigenvalue weighted by atomic mass is 9.77. The molecule has 1 atom stereocenters. The van der Waals surface area contributed by atoms with Gasteiger partial charge in [-0.05, 0) is 40.0 Å². The number of likely N-dealkylation sites (tertiary alicyclic amines) is 2. The maximum Gasteiger partial charge on any atom is 0.490 e. The number of carboxylic acid groups (broad SMARTS) is 1. The van der Waals surface area contributed by atoms with E-state index in [9.17, 15) is 18.0 Å². The van der Waals surface area contributed by atoms with E-state index in [1.54, 1.807) is 13.0 Å². The number of hydrogen-bond donors (Lipinski definition) is 1. The normalized spacial score (nSPS) is 21.1. The number of carbonyl (C=O) groups excluding carboxylic acids is 1. The van der Waals surface area contributed by atoms with Gasteiger partial charge in [-0.25, -0.2) is 4.79 Å². The maximum atomic E-state index is 12.7. The van der Waals surface area contributed by atoms with Gasteiger partial charge in [-0.2, -0.15) is 13.2 Å². The number of aryl methyl sites for hydroxylation is 3. The van der Waals surface area contributed by atoms with Crippen molar-refractivity contribution in [3.05, 3.63) is 34.5 Å². The average Bonchev–Trinajstić information content (AvgIpc) is 3.30. The van der Waals surface area contributed by atoms with Gasteiger partial charge in [0.15, 0.2) is 5.69 Å². The highest BCUT2D eigenvalue weighted by Crippen LogP contribution is 2.40. The van der Waals surface area contributed by atoms with E-state index < -0.39 is 12.1 Å². The van der Waals surface area contributed by atoms with Gasteiger partial charge in [0, 0.05) is 43.3 Å². The quantitative estimate of drug-likeness (QED) is 0.747. The number of hydrogen-bond acceptors (Lipinski definition) is 7. The number of aliphatic carboxylic acids is 1. The number of carbonyl (C=O) groups is 2. The third-order valence-corrected chi connectivity index (χ3v) is 5.98. The number of halogens is 3. The summed E-state index contributed by atoms with van der Waals surface area (Å²) in [5.41, 5.74) is 2.62. The van der Waals surface area contributed by atoms with E-state index in [2.05, 4.69) is 15.2 Å². The molecule has 0 radical (unpaired) electrons. The Balaban J connectivity index is 0.000000360. The van der Waals surface area contributed by atoms with Crippen molar-refractivity contribution in [3.63, 3.8) is 0 Å². The van der Waals surface area contributed by atoms with Crippen LogP contribution in [0.2, 0.25) is 0 Å². The molecule has 2 aromatic heterocycles. The SMILES string of the molecule is Cc1cc(C(=O)N2CCCC3(CCN3Cc3c(C)noc3C)C2)no1.O=C(O)C(F)(F)F. The summed E-state index contributed by atoms with van der Waals surface area (Å²) >= 11 is 0. The summed E-state index contributed by atoms with van der Waals surface area (Å²) in [4.78, 5) is 26.0. The van der Waals surface area contributed by atoms with E-state index >= 15 is 0 Å². The van der Waals surface area contributed by atoms with Gasteiger partial charge in [0.2, 0.25) is 0 Å². The lowest BCUT2D eigenvalue weighted by Crippen LogP contribution is -2.67. The highest BCUT2D eigenvalue weighted by atomic mass is 19.4. The number of rotatable bonds is 3. The molecular formula is C20H25F3N4O5. The molecule has 0 aliphatic carbocycles. The molecule has 1 amide bonds. The minimum atomic E-state index is -5.08. The molecule has 2 aliphatic heterocycles. The molecule has 0 aromatic carbocycles. The summed E-state index contributed by atoms with van der Waals surface area (Å²) in [5.74, 6) is -1.23. The van der Waals surface area contributed by atoms with Crippen LogP contribution in [-0.2, 0) is 11.3 Å². The highest BCUT2D eigenvalue weighted by molar-refractivity contribution is 5.92. The highest BCUT2D eigenvalue weighted by Gasteiger charge is 2.48. The molecule has 1 N–H and O–H groups in total. The first-order chi connectivity index (χ1) is 14.9. The van der Waals surface area contributed by atoms with Gasteiger partial charge in [0.1, 0.15) is 11.5 Å². The predicted molar refractivity (Wildman–Crippen MR) is 104 cm³/mol. The Bertz CT molecular complexity index is 967. The van der Waals surface area contributed by atoms with Gasteiger partial charge in [-0.1, -0.05) is 10.3 Å². The van der Waals surface area contributed by atoms with E-state index in [4.69, 9.17) is 18.9 Å². The Morgan fingerprint density at radius 1 is 1.16 bits per heavy atom. The first kappa shape index (κ1) is 23.8. The molecule has 0 saturated carbocycles. The minimum absolute atomic E-state index is 0.0277. The second-order valence-corrected chi connectivity index (χ2v) is 8.15. The summed E-state index contributed by atoms with van der Waals surface area (Å²) in [6.45, 7) is 9.18. The summed E-state index contributed by atoms with van der Waals surface area (Å²) in [7, 11) is 0. The summed E-state index contributed by atoms with van der Waals surface area (Å²) in [6.07, 6.45) is -1.82. The largest absolute Gasteiger partial charge is 0.490 e. The van der Waals surface area contributed by atoms with Gasteiger partial charge >= 0.3 is 12.1 Å². The van der Waals surface area contributed by atoms with Crippen LogP contribution in [-0.4, -0.2) is 68.4 Å². The molecular weight excluding hydrogens is 433 g/mol. The predicted octanol–water partition coefficient (Wildman–Crippen LogP) is 3.10. The monoisotopic (exact) mass is 458 g/mol. The Morgan fingerprint density at radius 3 is 2.31 bits per heavy atom. The molecule has 2 aliphatic rings. The summed E-state index contributed by atoms with van der Waals surface area (Å²) < 4.78 is 42.1. The Kier molecular flexibility index (Phi) is 6.63. The van der Waals surface area contributed by atoms with E-state index in [0.29, 0.717) is 11.5 Å². The molecule has 1 unspecified atom stereocenters. The lowest BCUT2D eigenvalue weighted by molar-refractivity contribution is -0.192. The fourth-order valence-electron chi connectivity index (χ4n) is 4.13. The van der Waals surface area contributed by atoms with Crippen LogP contribution in [0, 0.1) is 20.8 Å². The van der Waals surface area contributed by atoms with Gasteiger partial charge in [0.25, 0.3) is 5.91 Å². The number of alkyl halides is 3. The molecule has 176 valence electrons.